The maximum atomic E-state index is 12.9. The lowest BCUT2D eigenvalue weighted by molar-refractivity contribution is -0.138. The van der Waals surface area contributed by atoms with Crippen LogP contribution in [0.15, 0.2) is 40.6 Å². The highest BCUT2D eigenvalue weighted by Gasteiger charge is 2.32. The molecule has 0 atom stereocenters. The molecule has 30 heavy (non-hydrogen) atoms. The van der Waals surface area contributed by atoms with Crippen LogP contribution in [0.25, 0.3) is 11.3 Å². The summed E-state index contributed by atoms with van der Waals surface area (Å²) < 4.78 is 49.9. The van der Waals surface area contributed by atoms with Gasteiger partial charge in [-0.3, -0.25) is 9.59 Å². The van der Waals surface area contributed by atoms with Gasteiger partial charge in [-0.2, -0.15) is 13.2 Å². The molecule has 0 spiro atoms. The van der Waals surface area contributed by atoms with Gasteiger partial charge in [0.1, 0.15) is 11.6 Å². The smallest absolute Gasteiger partial charge is 0.417 e. The largest absolute Gasteiger partial charge is 0.454 e. The van der Waals surface area contributed by atoms with Crippen molar-refractivity contribution in [1.82, 2.24) is 9.55 Å². The Kier molecular flexibility index (Phi) is 5.16. The summed E-state index contributed by atoms with van der Waals surface area (Å²) in [5.74, 6) is 0.471. The van der Waals surface area contributed by atoms with Gasteiger partial charge in [-0.15, -0.1) is 11.3 Å². The summed E-state index contributed by atoms with van der Waals surface area (Å²) in [6.07, 6.45) is -4.15. The highest BCUT2D eigenvalue weighted by atomic mass is 35.5. The van der Waals surface area contributed by atoms with Gasteiger partial charge in [0.2, 0.25) is 12.7 Å². The highest BCUT2D eigenvalue weighted by Crippen LogP contribution is 2.36. The Labute approximate surface area is 175 Å². The molecular formula is C18H11ClF3N3O4S. The van der Waals surface area contributed by atoms with Crippen LogP contribution in [0.3, 0.4) is 0 Å². The summed E-state index contributed by atoms with van der Waals surface area (Å²) in [5.41, 5.74) is -0.732. The molecule has 4 rings (SSSR count). The van der Waals surface area contributed by atoms with Gasteiger partial charge in [-0.05, 0) is 24.3 Å². The molecule has 3 heterocycles. The summed E-state index contributed by atoms with van der Waals surface area (Å²) in [4.78, 5) is 28.5. The van der Waals surface area contributed by atoms with Crippen LogP contribution >= 0.6 is 22.9 Å². The number of anilines is 1. The molecule has 0 bridgehead atoms. The molecule has 1 aliphatic heterocycles. The second-order valence-corrected chi connectivity index (χ2v) is 7.43. The summed E-state index contributed by atoms with van der Waals surface area (Å²) in [7, 11) is 0. The number of hydrogen-bond acceptors (Lipinski definition) is 6. The summed E-state index contributed by atoms with van der Waals surface area (Å²) in [5, 5.41) is 3.75. The SMILES string of the molecule is O=C(Cn1cc(C(F)(F)F)cc(Cl)c1=O)Nc1nc(-c2ccc3c(c2)OCO3)cs1. The average Bonchev–Trinajstić information content (AvgIpc) is 3.32. The zero-order valence-corrected chi connectivity index (χ0v) is 16.4. The number of pyridine rings is 1. The standard InChI is InChI=1S/C18H11ClF3N3O4S/c19-11-4-10(18(20,21)22)5-25(16(11)27)6-15(26)24-17-23-12(7-30-17)9-1-2-13-14(3-9)29-8-28-13/h1-5,7H,6,8H2,(H,23,24,26). The minimum atomic E-state index is -4.70. The third kappa shape index (κ3) is 4.12. The molecule has 0 saturated carbocycles. The van der Waals surface area contributed by atoms with E-state index in [9.17, 15) is 22.8 Å². The first-order valence-electron chi connectivity index (χ1n) is 8.33. The van der Waals surface area contributed by atoms with Crippen molar-refractivity contribution in [2.75, 3.05) is 12.1 Å². The van der Waals surface area contributed by atoms with E-state index in [1.807, 2.05) is 0 Å². The lowest BCUT2D eigenvalue weighted by Crippen LogP contribution is -2.29. The molecule has 7 nitrogen and oxygen atoms in total. The van der Waals surface area contributed by atoms with E-state index in [4.69, 9.17) is 21.1 Å². The molecule has 1 N–H and O–H groups in total. The van der Waals surface area contributed by atoms with Gasteiger partial charge < -0.3 is 19.4 Å². The van der Waals surface area contributed by atoms with Crippen LogP contribution in [-0.4, -0.2) is 22.3 Å². The van der Waals surface area contributed by atoms with Crippen LogP contribution in [0.1, 0.15) is 5.56 Å². The normalized spacial score (nSPS) is 12.8. The van der Waals surface area contributed by atoms with Crippen molar-refractivity contribution in [1.29, 1.82) is 0 Å². The van der Waals surface area contributed by atoms with E-state index in [-0.39, 0.29) is 11.9 Å². The molecule has 0 radical (unpaired) electrons. The van der Waals surface area contributed by atoms with E-state index in [0.29, 0.717) is 34.0 Å². The van der Waals surface area contributed by atoms with Crippen molar-refractivity contribution in [2.24, 2.45) is 0 Å². The van der Waals surface area contributed by atoms with E-state index in [1.54, 1.807) is 23.6 Å². The number of nitrogens with one attached hydrogen (secondary N) is 1. The second kappa shape index (κ2) is 7.65. The minimum Gasteiger partial charge on any atom is -0.454 e. The topological polar surface area (TPSA) is 82.5 Å². The number of amides is 1. The maximum absolute atomic E-state index is 12.9. The van der Waals surface area contributed by atoms with Gasteiger partial charge in [0.05, 0.1) is 11.3 Å². The number of halogens is 4. The number of fused-ring (bicyclic) bond motifs is 1. The molecule has 0 aliphatic carbocycles. The van der Waals surface area contributed by atoms with Gasteiger partial charge >= 0.3 is 6.18 Å². The van der Waals surface area contributed by atoms with Crippen molar-refractivity contribution >= 4 is 34.0 Å². The maximum Gasteiger partial charge on any atom is 0.417 e. The predicted octanol–water partition coefficient (Wildman–Crippen LogP) is 4.01. The summed E-state index contributed by atoms with van der Waals surface area (Å²) in [6.45, 7) is -0.516. The number of hydrogen-bond donors (Lipinski definition) is 1. The van der Waals surface area contributed by atoms with Gasteiger partial charge in [0, 0.05) is 17.1 Å². The Morgan fingerprint density at radius 2 is 2.03 bits per heavy atom. The van der Waals surface area contributed by atoms with Crippen molar-refractivity contribution in [2.45, 2.75) is 12.7 Å². The van der Waals surface area contributed by atoms with Crippen LogP contribution in [-0.2, 0) is 17.5 Å². The van der Waals surface area contributed by atoms with E-state index < -0.39 is 34.8 Å². The van der Waals surface area contributed by atoms with Crippen LogP contribution in [0, 0.1) is 0 Å². The third-order valence-corrected chi connectivity index (χ3v) is 5.13. The Hall–Kier alpha value is -3.05. The zero-order chi connectivity index (χ0) is 21.5. The van der Waals surface area contributed by atoms with Crippen molar-refractivity contribution in [3.8, 4) is 22.8 Å². The van der Waals surface area contributed by atoms with Crippen LogP contribution < -0.4 is 20.3 Å². The molecular weight excluding hydrogens is 447 g/mol. The fourth-order valence-corrected chi connectivity index (χ4v) is 3.67. The van der Waals surface area contributed by atoms with Gasteiger partial charge in [0.25, 0.3) is 5.56 Å². The third-order valence-electron chi connectivity index (χ3n) is 4.10. The number of rotatable bonds is 4. The molecule has 0 fully saturated rings. The molecule has 0 unspecified atom stereocenters. The van der Waals surface area contributed by atoms with Gasteiger partial charge in [-0.1, -0.05) is 11.6 Å². The fraction of sp³-hybridized carbons (Fsp3) is 0.167. The van der Waals surface area contributed by atoms with E-state index in [2.05, 4.69) is 10.3 Å². The minimum absolute atomic E-state index is 0.135. The number of benzene rings is 1. The monoisotopic (exact) mass is 457 g/mol. The number of alkyl halides is 3. The van der Waals surface area contributed by atoms with Crippen LogP contribution in [0.2, 0.25) is 5.02 Å². The number of nitrogens with zero attached hydrogens (tertiary/aromatic N) is 2. The first-order chi connectivity index (χ1) is 14.2. The average molecular weight is 458 g/mol. The zero-order valence-electron chi connectivity index (χ0n) is 14.8. The molecule has 3 aromatic rings. The number of aromatic nitrogens is 2. The Bertz CT molecular complexity index is 1190. The van der Waals surface area contributed by atoms with Crippen LogP contribution in [0.4, 0.5) is 18.3 Å². The molecule has 156 valence electrons. The Balaban J connectivity index is 1.49. The quantitative estimate of drug-likeness (QED) is 0.640. The predicted molar refractivity (Wildman–Crippen MR) is 103 cm³/mol. The molecule has 1 amide bonds. The molecule has 0 saturated heterocycles. The van der Waals surface area contributed by atoms with Crippen molar-refractivity contribution in [3.05, 3.63) is 56.8 Å². The molecule has 12 heteroatoms. The number of thiazole rings is 1. The second-order valence-electron chi connectivity index (χ2n) is 6.16. The number of carbonyl (C=O) groups is 1. The lowest BCUT2D eigenvalue weighted by atomic mass is 10.1. The lowest BCUT2D eigenvalue weighted by Gasteiger charge is -2.11. The van der Waals surface area contributed by atoms with E-state index in [1.165, 1.54) is 0 Å². The van der Waals surface area contributed by atoms with Gasteiger partial charge in [-0.25, -0.2) is 4.98 Å². The van der Waals surface area contributed by atoms with Crippen molar-refractivity contribution < 1.29 is 27.4 Å². The Morgan fingerprint density at radius 3 is 2.80 bits per heavy atom. The number of ether oxygens (including phenoxy) is 2. The molecule has 2 aromatic heterocycles. The van der Waals surface area contributed by atoms with Gasteiger partial charge in [0.15, 0.2) is 16.6 Å². The van der Waals surface area contributed by atoms with E-state index in [0.717, 1.165) is 16.9 Å². The van der Waals surface area contributed by atoms with E-state index >= 15 is 0 Å². The first kappa shape index (κ1) is 20.2. The first-order valence-corrected chi connectivity index (χ1v) is 9.59. The molecule has 1 aliphatic rings. The van der Waals surface area contributed by atoms with Crippen LogP contribution in [0.5, 0.6) is 11.5 Å². The Morgan fingerprint density at radius 1 is 1.27 bits per heavy atom. The molecule has 1 aromatic carbocycles. The summed E-state index contributed by atoms with van der Waals surface area (Å²) in [6, 6.07) is 5.78. The highest BCUT2D eigenvalue weighted by molar-refractivity contribution is 7.14. The number of carbonyl (C=O) groups excluding carboxylic acids is 1. The fourth-order valence-electron chi connectivity index (χ4n) is 2.70. The van der Waals surface area contributed by atoms with Crippen molar-refractivity contribution in [3.63, 3.8) is 0 Å². The summed E-state index contributed by atoms with van der Waals surface area (Å²) >= 11 is 6.71.